The summed E-state index contributed by atoms with van der Waals surface area (Å²) in [6, 6.07) is 11.1. The average molecular weight is 412 g/mol. The summed E-state index contributed by atoms with van der Waals surface area (Å²) < 4.78 is 23.7. The summed E-state index contributed by atoms with van der Waals surface area (Å²) in [7, 11) is 1.35. The molecule has 0 bridgehead atoms. The van der Waals surface area contributed by atoms with Crippen LogP contribution in [-0.2, 0) is 32.9 Å². The third-order valence-corrected chi connectivity index (χ3v) is 5.55. The lowest BCUT2D eigenvalue weighted by Gasteiger charge is -2.33. The molecule has 2 aliphatic rings. The predicted octanol–water partition coefficient (Wildman–Crippen LogP) is 2.66. The number of imide groups is 1. The molecule has 2 aromatic rings. The second-order valence-corrected chi connectivity index (χ2v) is 7.37. The predicted molar refractivity (Wildman–Crippen MR) is 104 cm³/mol. The third-order valence-electron chi connectivity index (χ3n) is 5.55. The number of ether oxygens (including phenoxy) is 2. The van der Waals surface area contributed by atoms with Crippen molar-refractivity contribution >= 4 is 17.9 Å². The van der Waals surface area contributed by atoms with E-state index >= 15 is 0 Å². The van der Waals surface area contributed by atoms with E-state index in [2.05, 4.69) is 5.32 Å². The van der Waals surface area contributed by atoms with Crippen molar-refractivity contribution in [2.24, 2.45) is 0 Å². The average Bonchev–Trinajstić information content (AvgIpc) is 2.97. The zero-order valence-corrected chi connectivity index (χ0v) is 16.4. The Kier molecular flexibility index (Phi) is 5.15. The van der Waals surface area contributed by atoms with Crippen molar-refractivity contribution in [2.45, 2.75) is 31.4 Å². The van der Waals surface area contributed by atoms with E-state index in [4.69, 9.17) is 9.47 Å². The maximum absolute atomic E-state index is 13.8. The molecule has 1 aliphatic carbocycles. The maximum atomic E-state index is 13.8. The van der Waals surface area contributed by atoms with Gasteiger partial charge in [-0.15, -0.1) is 0 Å². The largest absolute Gasteiger partial charge is 0.494 e. The van der Waals surface area contributed by atoms with Crippen LogP contribution >= 0.6 is 0 Å². The SMILES string of the molecule is COc1ccc(COC(=O)CN2C(=O)N[C@@]3(CCCc4ccccc43)C2=O)cc1F. The second-order valence-electron chi connectivity index (χ2n) is 7.37. The van der Waals surface area contributed by atoms with Crippen LogP contribution in [0.25, 0.3) is 0 Å². The summed E-state index contributed by atoms with van der Waals surface area (Å²) in [6.45, 7) is -0.690. The maximum Gasteiger partial charge on any atom is 0.326 e. The number of amides is 3. The molecule has 1 fully saturated rings. The Morgan fingerprint density at radius 3 is 2.80 bits per heavy atom. The molecule has 30 heavy (non-hydrogen) atoms. The standard InChI is InChI=1S/C22H21FN2O5/c1-29-18-9-8-14(11-17(18)23)13-30-19(26)12-25-20(27)22(24-21(25)28)10-4-6-15-5-2-3-7-16(15)22/h2-3,5,7-9,11H,4,6,10,12-13H2,1H3,(H,24,28)/t22-/m1/s1. The van der Waals surface area contributed by atoms with E-state index in [1.54, 1.807) is 6.07 Å². The first-order chi connectivity index (χ1) is 14.4. The molecule has 1 spiro atoms. The van der Waals surface area contributed by atoms with Crippen LogP contribution in [0, 0.1) is 5.82 Å². The van der Waals surface area contributed by atoms with Crippen molar-refractivity contribution in [1.29, 1.82) is 0 Å². The Morgan fingerprint density at radius 1 is 1.23 bits per heavy atom. The molecule has 0 aromatic heterocycles. The number of carbonyl (C=O) groups is 3. The molecular weight excluding hydrogens is 391 g/mol. The van der Waals surface area contributed by atoms with Crippen LogP contribution in [-0.4, -0.2) is 36.5 Å². The van der Waals surface area contributed by atoms with E-state index in [9.17, 15) is 18.8 Å². The number of rotatable bonds is 5. The molecule has 0 unspecified atom stereocenters. The van der Waals surface area contributed by atoms with Gasteiger partial charge in [0.1, 0.15) is 18.7 Å². The number of fused-ring (bicyclic) bond motifs is 2. The minimum absolute atomic E-state index is 0.0856. The van der Waals surface area contributed by atoms with E-state index in [1.165, 1.54) is 19.2 Å². The number of hydrogen-bond donors (Lipinski definition) is 1. The highest BCUT2D eigenvalue weighted by atomic mass is 19.1. The van der Waals surface area contributed by atoms with Gasteiger partial charge >= 0.3 is 12.0 Å². The summed E-state index contributed by atoms with van der Waals surface area (Å²) in [5.74, 6) is -1.69. The van der Waals surface area contributed by atoms with Crippen LogP contribution in [0.4, 0.5) is 9.18 Å². The summed E-state index contributed by atoms with van der Waals surface area (Å²) >= 11 is 0. The number of esters is 1. The van der Waals surface area contributed by atoms with Crippen LogP contribution in [0.1, 0.15) is 29.5 Å². The van der Waals surface area contributed by atoms with Gasteiger partial charge in [0.2, 0.25) is 0 Å². The number of benzene rings is 2. The van der Waals surface area contributed by atoms with Gasteiger partial charge in [-0.2, -0.15) is 0 Å². The van der Waals surface area contributed by atoms with Crippen molar-refractivity contribution in [1.82, 2.24) is 10.2 Å². The molecule has 1 atom stereocenters. The lowest BCUT2D eigenvalue weighted by atomic mass is 9.76. The van der Waals surface area contributed by atoms with Gasteiger partial charge in [0.15, 0.2) is 11.6 Å². The van der Waals surface area contributed by atoms with Crippen molar-refractivity contribution in [3.63, 3.8) is 0 Å². The molecule has 0 saturated carbocycles. The minimum Gasteiger partial charge on any atom is -0.494 e. The number of methoxy groups -OCH3 is 1. The Morgan fingerprint density at radius 2 is 2.03 bits per heavy atom. The number of halogens is 1. The minimum atomic E-state index is -1.13. The molecule has 8 heteroatoms. The van der Waals surface area contributed by atoms with Gasteiger partial charge < -0.3 is 14.8 Å². The quantitative estimate of drug-likeness (QED) is 0.603. The fourth-order valence-corrected chi connectivity index (χ4v) is 4.09. The smallest absolute Gasteiger partial charge is 0.326 e. The van der Waals surface area contributed by atoms with Gasteiger partial charge in [0.05, 0.1) is 7.11 Å². The first-order valence-electron chi connectivity index (χ1n) is 9.65. The molecule has 1 aliphatic heterocycles. The van der Waals surface area contributed by atoms with Crippen LogP contribution in [0.15, 0.2) is 42.5 Å². The molecule has 7 nitrogen and oxygen atoms in total. The van der Waals surface area contributed by atoms with Crippen LogP contribution in [0.2, 0.25) is 0 Å². The zero-order chi connectivity index (χ0) is 21.3. The van der Waals surface area contributed by atoms with Gasteiger partial charge in [-0.1, -0.05) is 30.3 Å². The van der Waals surface area contributed by atoms with E-state index in [1.807, 2.05) is 24.3 Å². The Bertz CT molecular complexity index is 1020. The van der Waals surface area contributed by atoms with Crippen molar-refractivity contribution in [2.75, 3.05) is 13.7 Å². The molecular formula is C22H21FN2O5. The molecule has 1 N–H and O–H groups in total. The van der Waals surface area contributed by atoms with Crippen LogP contribution in [0.3, 0.4) is 0 Å². The Labute approximate surface area is 172 Å². The van der Waals surface area contributed by atoms with E-state index in [0.29, 0.717) is 12.0 Å². The normalized spacial score (nSPS) is 20.1. The summed E-state index contributed by atoms with van der Waals surface area (Å²) in [5, 5.41) is 2.79. The zero-order valence-electron chi connectivity index (χ0n) is 16.4. The highest BCUT2D eigenvalue weighted by molar-refractivity contribution is 6.09. The van der Waals surface area contributed by atoms with E-state index < -0.39 is 35.8 Å². The Hall–Kier alpha value is -3.42. The lowest BCUT2D eigenvalue weighted by Crippen LogP contribution is -2.46. The molecule has 0 radical (unpaired) electrons. The second kappa shape index (κ2) is 7.78. The Balaban J connectivity index is 1.44. The van der Waals surface area contributed by atoms with Crippen LogP contribution < -0.4 is 10.1 Å². The molecule has 1 heterocycles. The summed E-state index contributed by atoms with van der Waals surface area (Å²) in [5.41, 5.74) is 1.09. The molecule has 4 rings (SSSR count). The number of urea groups is 1. The molecule has 3 amide bonds. The number of hydrogen-bond acceptors (Lipinski definition) is 5. The number of aryl methyl sites for hydroxylation is 1. The third kappa shape index (κ3) is 3.38. The number of nitrogens with zero attached hydrogens (tertiary/aromatic N) is 1. The van der Waals surface area contributed by atoms with Gasteiger partial charge in [0, 0.05) is 0 Å². The fraction of sp³-hybridized carbons (Fsp3) is 0.318. The highest BCUT2D eigenvalue weighted by Crippen LogP contribution is 2.39. The van der Waals surface area contributed by atoms with Gasteiger partial charge in [-0.3, -0.25) is 14.5 Å². The monoisotopic (exact) mass is 412 g/mol. The lowest BCUT2D eigenvalue weighted by molar-refractivity contribution is -0.149. The first-order valence-corrected chi connectivity index (χ1v) is 9.65. The first kappa shape index (κ1) is 19.9. The molecule has 1 saturated heterocycles. The van der Waals surface area contributed by atoms with Crippen molar-refractivity contribution in [3.8, 4) is 5.75 Å². The van der Waals surface area contributed by atoms with E-state index in [0.717, 1.165) is 28.9 Å². The van der Waals surface area contributed by atoms with Crippen molar-refractivity contribution < 1.29 is 28.2 Å². The summed E-state index contributed by atoms with van der Waals surface area (Å²) in [4.78, 5) is 38.8. The molecule has 156 valence electrons. The van der Waals surface area contributed by atoms with Crippen LogP contribution in [0.5, 0.6) is 5.75 Å². The molecule has 2 aromatic carbocycles. The topological polar surface area (TPSA) is 84.9 Å². The number of nitrogens with one attached hydrogen (secondary N) is 1. The van der Waals surface area contributed by atoms with E-state index in [-0.39, 0.29) is 12.4 Å². The number of carbonyl (C=O) groups excluding carboxylic acids is 3. The highest BCUT2D eigenvalue weighted by Gasteiger charge is 2.54. The summed E-state index contributed by atoms with van der Waals surface area (Å²) in [6.07, 6.45) is 2.07. The van der Waals surface area contributed by atoms with Gasteiger partial charge in [-0.05, 0) is 48.1 Å². The van der Waals surface area contributed by atoms with Crippen molar-refractivity contribution in [3.05, 3.63) is 65.0 Å². The fourth-order valence-electron chi connectivity index (χ4n) is 4.09. The van der Waals surface area contributed by atoms with Gasteiger partial charge in [-0.25, -0.2) is 9.18 Å². The van der Waals surface area contributed by atoms with Gasteiger partial charge in [0.25, 0.3) is 5.91 Å².